The topological polar surface area (TPSA) is 32.3 Å². The lowest BCUT2D eigenvalue weighted by Gasteiger charge is -2.30. The molecule has 0 aliphatic carbocycles. The van der Waals surface area contributed by atoms with Crippen molar-refractivity contribution >= 4 is 22.9 Å². The standard InChI is InChI=1S/C20H26N2OS/c1-16(18-6-5-10-21-13-18)12-20(23)22(14-17-9-11-24-15-17)19-7-3-2-4-8-19/h2-4,7-9,11,15-16,18,21H,5-6,10,12-14H2,1H3. The third kappa shape index (κ3) is 4.46. The van der Waals surface area contributed by atoms with E-state index in [0.29, 0.717) is 24.8 Å². The molecule has 128 valence electrons. The third-order valence-electron chi connectivity index (χ3n) is 4.93. The Bertz CT molecular complexity index is 620. The van der Waals surface area contributed by atoms with Gasteiger partial charge in [0.25, 0.3) is 0 Å². The number of hydrogen-bond donors (Lipinski definition) is 1. The van der Waals surface area contributed by atoms with E-state index in [1.807, 2.05) is 35.2 Å². The molecular weight excluding hydrogens is 316 g/mol. The van der Waals surface area contributed by atoms with E-state index in [2.05, 4.69) is 29.1 Å². The van der Waals surface area contributed by atoms with Crippen LogP contribution in [0.3, 0.4) is 0 Å². The molecule has 1 aromatic heterocycles. The molecule has 24 heavy (non-hydrogen) atoms. The van der Waals surface area contributed by atoms with E-state index in [4.69, 9.17) is 0 Å². The van der Waals surface area contributed by atoms with Gasteiger partial charge in [-0.2, -0.15) is 11.3 Å². The molecule has 1 fully saturated rings. The van der Waals surface area contributed by atoms with E-state index in [0.717, 1.165) is 18.8 Å². The highest BCUT2D eigenvalue weighted by Gasteiger charge is 2.25. The van der Waals surface area contributed by atoms with Gasteiger partial charge in [-0.3, -0.25) is 4.79 Å². The van der Waals surface area contributed by atoms with E-state index in [-0.39, 0.29) is 5.91 Å². The lowest BCUT2D eigenvalue weighted by molar-refractivity contribution is -0.120. The minimum atomic E-state index is 0.227. The summed E-state index contributed by atoms with van der Waals surface area (Å²) in [5.41, 5.74) is 2.19. The molecule has 2 heterocycles. The van der Waals surface area contributed by atoms with Crippen molar-refractivity contribution in [2.45, 2.75) is 32.7 Å². The number of nitrogens with zero attached hydrogens (tertiary/aromatic N) is 1. The number of rotatable bonds is 6. The van der Waals surface area contributed by atoms with E-state index >= 15 is 0 Å². The van der Waals surface area contributed by atoms with Crippen molar-refractivity contribution in [3.63, 3.8) is 0 Å². The number of anilines is 1. The summed E-state index contributed by atoms with van der Waals surface area (Å²) in [6, 6.07) is 12.1. The van der Waals surface area contributed by atoms with Gasteiger partial charge in [-0.25, -0.2) is 0 Å². The second kappa shape index (κ2) is 8.45. The molecule has 2 atom stereocenters. The normalized spacial score (nSPS) is 19.0. The molecule has 0 bridgehead atoms. The van der Waals surface area contributed by atoms with Gasteiger partial charge in [-0.05, 0) is 72.3 Å². The average Bonchev–Trinajstić information content (AvgIpc) is 3.14. The van der Waals surface area contributed by atoms with Crippen LogP contribution in [0.4, 0.5) is 5.69 Å². The predicted molar refractivity (Wildman–Crippen MR) is 101 cm³/mol. The molecule has 1 aliphatic heterocycles. The molecule has 3 nitrogen and oxygen atoms in total. The Labute approximate surface area is 148 Å². The van der Waals surface area contributed by atoms with Crippen LogP contribution in [-0.4, -0.2) is 19.0 Å². The maximum absolute atomic E-state index is 13.0. The number of carbonyl (C=O) groups excluding carboxylic acids is 1. The summed E-state index contributed by atoms with van der Waals surface area (Å²) in [6.45, 7) is 5.04. The van der Waals surface area contributed by atoms with Crippen LogP contribution in [0, 0.1) is 11.8 Å². The lowest BCUT2D eigenvalue weighted by Crippen LogP contribution is -2.37. The zero-order valence-electron chi connectivity index (χ0n) is 14.3. The first-order valence-corrected chi connectivity index (χ1v) is 9.75. The molecule has 0 saturated carbocycles. The number of amides is 1. The molecule has 3 rings (SSSR count). The summed E-state index contributed by atoms with van der Waals surface area (Å²) in [4.78, 5) is 15.0. The molecular formula is C20H26N2OS. The highest BCUT2D eigenvalue weighted by atomic mass is 32.1. The number of carbonyl (C=O) groups is 1. The summed E-state index contributed by atoms with van der Waals surface area (Å²) in [5, 5.41) is 7.65. The van der Waals surface area contributed by atoms with Crippen LogP contribution in [0.2, 0.25) is 0 Å². The molecule has 4 heteroatoms. The molecule has 0 spiro atoms. The Morgan fingerprint density at radius 2 is 2.17 bits per heavy atom. The second-order valence-electron chi connectivity index (χ2n) is 6.73. The van der Waals surface area contributed by atoms with Crippen molar-refractivity contribution in [3.8, 4) is 0 Å². The van der Waals surface area contributed by atoms with Crippen molar-refractivity contribution in [3.05, 3.63) is 52.7 Å². The van der Waals surface area contributed by atoms with Gasteiger partial charge < -0.3 is 10.2 Å². The van der Waals surface area contributed by atoms with Gasteiger partial charge in [-0.15, -0.1) is 0 Å². The fraction of sp³-hybridized carbons (Fsp3) is 0.450. The van der Waals surface area contributed by atoms with Gasteiger partial charge >= 0.3 is 0 Å². The highest BCUT2D eigenvalue weighted by Crippen LogP contribution is 2.26. The minimum absolute atomic E-state index is 0.227. The molecule has 0 radical (unpaired) electrons. The van der Waals surface area contributed by atoms with Crippen molar-refractivity contribution in [2.75, 3.05) is 18.0 Å². The number of hydrogen-bond acceptors (Lipinski definition) is 3. The molecule has 1 aliphatic rings. The van der Waals surface area contributed by atoms with Gasteiger partial charge in [0.1, 0.15) is 0 Å². The Kier molecular flexibility index (Phi) is 6.05. The highest BCUT2D eigenvalue weighted by molar-refractivity contribution is 7.07. The predicted octanol–water partition coefficient (Wildman–Crippen LogP) is 4.31. The summed E-state index contributed by atoms with van der Waals surface area (Å²) in [5.74, 6) is 1.26. The first-order chi connectivity index (χ1) is 11.7. The maximum Gasteiger partial charge on any atom is 0.227 e. The van der Waals surface area contributed by atoms with Crippen molar-refractivity contribution in [1.29, 1.82) is 0 Å². The number of nitrogens with one attached hydrogen (secondary N) is 1. The fourth-order valence-corrected chi connectivity index (χ4v) is 4.07. The second-order valence-corrected chi connectivity index (χ2v) is 7.51. The number of benzene rings is 1. The van der Waals surface area contributed by atoms with Crippen LogP contribution in [0.5, 0.6) is 0 Å². The number of thiophene rings is 1. The smallest absolute Gasteiger partial charge is 0.227 e. The van der Waals surface area contributed by atoms with E-state index in [1.165, 1.54) is 18.4 Å². The summed E-state index contributed by atoms with van der Waals surface area (Å²) in [6.07, 6.45) is 3.07. The number of piperidine rings is 1. The maximum atomic E-state index is 13.0. The van der Waals surface area contributed by atoms with Crippen LogP contribution in [0.15, 0.2) is 47.2 Å². The van der Waals surface area contributed by atoms with E-state index < -0.39 is 0 Å². The van der Waals surface area contributed by atoms with Crippen LogP contribution in [-0.2, 0) is 11.3 Å². The monoisotopic (exact) mass is 342 g/mol. The third-order valence-corrected chi connectivity index (χ3v) is 5.66. The zero-order valence-corrected chi connectivity index (χ0v) is 15.1. The van der Waals surface area contributed by atoms with Crippen molar-refractivity contribution in [2.24, 2.45) is 11.8 Å². The largest absolute Gasteiger partial charge is 0.316 e. The lowest BCUT2D eigenvalue weighted by atomic mass is 9.85. The van der Waals surface area contributed by atoms with Gasteiger partial charge in [0, 0.05) is 12.1 Å². The quantitative estimate of drug-likeness (QED) is 0.848. The van der Waals surface area contributed by atoms with Gasteiger partial charge in [0.05, 0.1) is 6.54 Å². The Morgan fingerprint density at radius 1 is 1.33 bits per heavy atom. The van der Waals surface area contributed by atoms with Crippen LogP contribution in [0.25, 0.3) is 0 Å². The van der Waals surface area contributed by atoms with Crippen molar-refractivity contribution in [1.82, 2.24) is 5.32 Å². The molecule has 1 amide bonds. The van der Waals surface area contributed by atoms with Gasteiger partial charge in [0.15, 0.2) is 0 Å². The molecule has 1 saturated heterocycles. The van der Waals surface area contributed by atoms with Gasteiger partial charge in [-0.1, -0.05) is 25.1 Å². The first kappa shape index (κ1) is 17.2. The molecule has 1 aromatic carbocycles. The zero-order chi connectivity index (χ0) is 16.8. The average molecular weight is 343 g/mol. The Balaban J connectivity index is 1.70. The summed E-state index contributed by atoms with van der Waals surface area (Å²) < 4.78 is 0. The SMILES string of the molecule is CC(CC(=O)N(Cc1ccsc1)c1ccccc1)C1CCCNC1. The first-order valence-electron chi connectivity index (χ1n) is 8.81. The van der Waals surface area contributed by atoms with E-state index in [1.54, 1.807) is 11.3 Å². The van der Waals surface area contributed by atoms with Crippen molar-refractivity contribution < 1.29 is 4.79 Å². The summed E-state index contributed by atoms with van der Waals surface area (Å²) in [7, 11) is 0. The van der Waals surface area contributed by atoms with E-state index in [9.17, 15) is 4.79 Å². The molecule has 1 N–H and O–H groups in total. The Hall–Kier alpha value is -1.65. The number of para-hydroxylation sites is 1. The molecule has 2 unspecified atom stereocenters. The fourth-order valence-electron chi connectivity index (χ4n) is 3.41. The van der Waals surface area contributed by atoms with Crippen LogP contribution < -0.4 is 10.2 Å². The van der Waals surface area contributed by atoms with Crippen LogP contribution in [0.1, 0.15) is 31.7 Å². The summed E-state index contributed by atoms with van der Waals surface area (Å²) >= 11 is 1.68. The minimum Gasteiger partial charge on any atom is -0.316 e. The van der Waals surface area contributed by atoms with Gasteiger partial charge in [0.2, 0.25) is 5.91 Å². The van der Waals surface area contributed by atoms with Crippen LogP contribution >= 0.6 is 11.3 Å². The Morgan fingerprint density at radius 3 is 2.83 bits per heavy atom. The molecule has 2 aromatic rings.